The number of imidazole rings is 1. The van der Waals surface area contributed by atoms with E-state index in [-0.39, 0.29) is 38.8 Å². The molecule has 9 nitrogen and oxygen atoms in total. The monoisotopic (exact) mass is 618 g/mol. The van der Waals surface area contributed by atoms with Crippen LogP contribution in [0.5, 0.6) is 11.5 Å². The van der Waals surface area contributed by atoms with Crippen molar-refractivity contribution in [2.75, 3.05) is 13.1 Å². The van der Waals surface area contributed by atoms with Crippen LogP contribution in [0.15, 0.2) is 91.0 Å². The van der Waals surface area contributed by atoms with E-state index in [1.807, 2.05) is 54.6 Å². The van der Waals surface area contributed by atoms with Crippen molar-refractivity contribution < 1.29 is 23.8 Å². The number of hydrogen-bond acceptors (Lipinski definition) is 6. The van der Waals surface area contributed by atoms with Gasteiger partial charge in [-0.15, -0.1) is 0 Å². The van der Waals surface area contributed by atoms with E-state index in [9.17, 15) is 9.59 Å². The van der Waals surface area contributed by atoms with E-state index in [0.717, 1.165) is 22.2 Å². The lowest BCUT2D eigenvalue weighted by Gasteiger charge is -2.15. The van der Waals surface area contributed by atoms with Gasteiger partial charge in [0.15, 0.2) is 11.5 Å². The quantitative estimate of drug-likeness (QED) is 0.134. The summed E-state index contributed by atoms with van der Waals surface area (Å²) in [5.41, 5.74) is 3.68. The number of halogens is 2. The molecule has 220 valence electrons. The number of ether oxygens (including phenoxy) is 3. The Labute approximate surface area is 258 Å². The lowest BCUT2D eigenvalue weighted by Crippen LogP contribution is -2.34. The molecule has 2 amide bonds. The lowest BCUT2D eigenvalue weighted by atomic mass is 10.2. The fourth-order valence-electron chi connectivity index (χ4n) is 4.11. The van der Waals surface area contributed by atoms with Crippen LogP contribution in [0.4, 0.5) is 4.79 Å². The molecule has 0 saturated heterocycles. The van der Waals surface area contributed by atoms with Gasteiger partial charge in [-0.05, 0) is 48.0 Å². The Hall–Kier alpha value is -4.73. The van der Waals surface area contributed by atoms with Crippen LogP contribution in [0.3, 0.4) is 0 Å². The smallest absolute Gasteiger partial charge is 0.407 e. The van der Waals surface area contributed by atoms with Crippen LogP contribution in [0.2, 0.25) is 10.0 Å². The van der Waals surface area contributed by atoms with E-state index in [1.165, 1.54) is 0 Å². The number of para-hydroxylation sites is 2. The average Bonchev–Trinajstić information content (AvgIpc) is 3.44. The first kappa shape index (κ1) is 29.8. The van der Waals surface area contributed by atoms with Crippen LogP contribution in [-0.4, -0.2) is 35.1 Å². The number of amides is 2. The van der Waals surface area contributed by atoms with Gasteiger partial charge < -0.3 is 29.8 Å². The summed E-state index contributed by atoms with van der Waals surface area (Å²) in [5, 5.41) is 6.37. The highest BCUT2D eigenvalue weighted by atomic mass is 35.5. The molecule has 5 aromatic rings. The zero-order chi connectivity index (χ0) is 30.0. The van der Waals surface area contributed by atoms with Gasteiger partial charge in [-0.25, -0.2) is 9.78 Å². The van der Waals surface area contributed by atoms with Gasteiger partial charge in [-0.2, -0.15) is 0 Å². The Bertz CT molecular complexity index is 1680. The second kappa shape index (κ2) is 14.4. The van der Waals surface area contributed by atoms with Gasteiger partial charge >= 0.3 is 6.09 Å². The van der Waals surface area contributed by atoms with Crippen LogP contribution in [0.25, 0.3) is 11.0 Å². The molecule has 0 spiro atoms. The molecule has 0 unspecified atom stereocenters. The SMILES string of the molecule is O=C(NCCNC(=O)c1ccc(OCc2nc3ccccc3[nH]2)c(OCc2ccc(Cl)cc2Cl)c1)OCc1ccccc1. The molecule has 0 fully saturated rings. The van der Waals surface area contributed by atoms with E-state index in [2.05, 4.69) is 20.6 Å². The molecule has 0 aliphatic heterocycles. The number of rotatable bonds is 12. The maximum atomic E-state index is 12.9. The molecule has 5 rings (SSSR count). The third-order valence-electron chi connectivity index (χ3n) is 6.30. The molecule has 1 aromatic heterocycles. The molecule has 4 aromatic carbocycles. The van der Waals surface area contributed by atoms with E-state index >= 15 is 0 Å². The average molecular weight is 620 g/mol. The molecule has 1 heterocycles. The summed E-state index contributed by atoms with van der Waals surface area (Å²) >= 11 is 12.4. The molecule has 3 N–H and O–H groups in total. The van der Waals surface area contributed by atoms with E-state index in [4.69, 9.17) is 37.4 Å². The third-order valence-corrected chi connectivity index (χ3v) is 6.89. The fraction of sp³-hybridized carbons (Fsp3) is 0.156. The standard InChI is InChI=1S/C32H28Cl2N4O5/c33-24-12-10-23(25(34)17-24)19-41-29-16-22(11-13-28(29)42-20-30-37-26-8-4-5-9-27(26)38-30)31(39)35-14-15-36-32(40)43-18-21-6-2-1-3-7-21/h1-13,16-17H,14-15,18-20H2,(H,35,39)(H,36,40)(H,37,38). The maximum absolute atomic E-state index is 12.9. The highest BCUT2D eigenvalue weighted by Gasteiger charge is 2.14. The number of nitrogens with one attached hydrogen (secondary N) is 3. The van der Waals surface area contributed by atoms with Gasteiger partial charge in [0.1, 0.15) is 25.6 Å². The maximum Gasteiger partial charge on any atom is 0.407 e. The van der Waals surface area contributed by atoms with Gasteiger partial charge in [0, 0.05) is 34.3 Å². The zero-order valence-corrected chi connectivity index (χ0v) is 24.5. The summed E-state index contributed by atoms with van der Waals surface area (Å²) in [4.78, 5) is 32.6. The molecular weight excluding hydrogens is 591 g/mol. The van der Waals surface area contributed by atoms with Crippen LogP contribution in [-0.2, 0) is 24.6 Å². The first-order chi connectivity index (χ1) is 20.9. The second-order valence-electron chi connectivity index (χ2n) is 9.42. The molecule has 0 atom stereocenters. The second-order valence-corrected chi connectivity index (χ2v) is 10.3. The van der Waals surface area contributed by atoms with Crippen molar-refractivity contribution in [3.8, 4) is 11.5 Å². The molecule has 0 saturated carbocycles. The number of carbonyl (C=O) groups excluding carboxylic acids is 2. The van der Waals surface area contributed by atoms with Crippen molar-refractivity contribution >= 4 is 46.2 Å². The lowest BCUT2D eigenvalue weighted by molar-refractivity contribution is 0.0951. The first-order valence-corrected chi connectivity index (χ1v) is 14.2. The number of alkyl carbamates (subject to hydrolysis) is 1. The third kappa shape index (κ3) is 8.41. The molecule has 11 heteroatoms. The summed E-state index contributed by atoms with van der Waals surface area (Å²) in [6.07, 6.45) is -0.569. The number of hydrogen-bond donors (Lipinski definition) is 3. The molecule has 0 bridgehead atoms. The highest BCUT2D eigenvalue weighted by molar-refractivity contribution is 6.35. The molecule has 0 radical (unpaired) electrons. The van der Waals surface area contributed by atoms with Crippen molar-refractivity contribution in [2.45, 2.75) is 19.8 Å². The first-order valence-electron chi connectivity index (χ1n) is 13.4. The van der Waals surface area contributed by atoms with Gasteiger partial charge in [-0.1, -0.05) is 71.7 Å². The van der Waals surface area contributed by atoms with E-state index < -0.39 is 6.09 Å². The number of fused-ring (bicyclic) bond motifs is 1. The highest BCUT2D eigenvalue weighted by Crippen LogP contribution is 2.31. The predicted octanol–water partition coefficient (Wildman–Crippen LogP) is 6.68. The summed E-state index contributed by atoms with van der Waals surface area (Å²) in [6.45, 7) is 0.825. The number of nitrogens with zero attached hydrogens (tertiary/aromatic N) is 1. The van der Waals surface area contributed by atoms with Gasteiger partial charge in [0.25, 0.3) is 5.91 Å². The molecule has 0 aliphatic carbocycles. The van der Waals surface area contributed by atoms with Gasteiger partial charge in [0.05, 0.1) is 11.0 Å². The predicted molar refractivity (Wildman–Crippen MR) is 165 cm³/mol. The van der Waals surface area contributed by atoms with Crippen LogP contribution < -0.4 is 20.1 Å². The van der Waals surface area contributed by atoms with Gasteiger partial charge in [0.2, 0.25) is 0 Å². The molecule has 43 heavy (non-hydrogen) atoms. The number of aromatic amines is 1. The van der Waals surface area contributed by atoms with E-state index in [0.29, 0.717) is 32.9 Å². The number of benzene rings is 4. The number of H-pyrrole nitrogens is 1. The summed E-state index contributed by atoms with van der Waals surface area (Å²) in [7, 11) is 0. The molecule has 0 aliphatic rings. The van der Waals surface area contributed by atoms with Crippen LogP contribution in [0.1, 0.15) is 27.3 Å². The summed E-state index contributed by atoms with van der Waals surface area (Å²) in [6, 6.07) is 27.1. The van der Waals surface area contributed by atoms with Gasteiger partial charge in [-0.3, -0.25) is 4.79 Å². The van der Waals surface area contributed by atoms with Crippen molar-refractivity contribution in [1.29, 1.82) is 0 Å². The van der Waals surface area contributed by atoms with Crippen molar-refractivity contribution in [2.24, 2.45) is 0 Å². The minimum Gasteiger partial charge on any atom is -0.485 e. The van der Waals surface area contributed by atoms with E-state index in [1.54, 1.807) is 36.4 Å². The Morgan fingerprint density at radius 2 is 1.53 bits per heavy atom. The largest absolute Gasteiger partial charge is 0.485 e. The van der Waals surface area contributed by atoms with Crippen molar-refractivity contribution in [3.05, 3.63) is 124 Å². The Kier molecular flexibility index (Phi) is 9.99. The minimum atomic E-state index is -0.569. The Morgan fingerprint density at radius 3 is 2.35 bits per heavy atom. The Morgan fingerprint density at radius 1 is 0.767 bits per heavy atom. The Balaban J connectivity index is 1.20. The number of carbonyl (C=O) groups is 2. The van der Waals surface area contributed by atoms with Crippen molar-refractivity contribution in [3.63, 3.8) is 0 Å². The minimum absolute atomic E-state index is 0.122. The zero-order valence-electron chi connectivity index (χ0n) is 22.9. The van der Waals surface area contributed by atoms with Crippen LogP contribution >= 0.6 is 23.2 Å². The van der Waals surface area contributed by atoms with Crippen molar-refractivity contribution in [1.82, 2.24) is 20.6 Å². The molecular formula is C32H28Cl2N4O5. The van der Waals surface area contributed by atoms with Crippen LogP contribution in [0, 0.1) is 0 Å². The topological polar surface area (TPSA) is 115 Å². The summed E-state index contributed by atoms with van der Waals surface area (Å²) in [5.74, 6) is 1.06. The summed E-state index contributed by atoms with van der Waals surface area (Å²) < 4.78 is 17.3. The fourth-order valence-corrected chi connectivity index (χ4v) is 4.58. The normalized spacial score (nSPS) is 10.7. The number of aromatic nitrogens is 2.